The van der Waals surface area contributed by atoms with E-state index in [2.05, 4.69) is 39.6 Å². The van der Waals surface area contributed by atoms with E-state index in [1.165, 1.54) is 5.56 Å². The van der Waals surface area contributed by atoms with Crippen LogP contribution in [-0.2, 0) is 17.8 Å². The number of rotatable bonds is 6. The van der Waals surface area contributed by atoms with Crippen molar-refractivity contribution in [1.82, 2.24) is 20.0 Å². The van der Waals surface area contributed by atoms with Gasteiger partial charge in [-0.2, -0.15) is 5.10 Å². The van der Waals surface area contributed by atoms with Gasteiger partial charge in [0.2, 0.25) is 0 Å². The van der Waals surface area contributed by atoms with Crippen LogP contribution >= 0.6 is 0 Å². The molecule has 1 amide bonds. The lowest BCUT2D eigenvalue weighted by atomic mass is 10.1. The topological polar surface area (TPSA) is 59.4 Å². The fourth-order valence-electron chi connectivity index (χ4n) is 3.25. The van der Waals surface area contributed by atoms with Crippen LogP contribution in [0, 0.1) is 0 Å². The standard InChI is InChI=1S/C22H24N4O2/c27-22(20-6-8-21(9-7-20)26-11-1-10-24-26)23-16-18-2-4-19(5-3-18)17-25-12-14-28-15-13-25/h1-11H,12-17H2,(H,23,27). The Labute approximate surface area is 164 Å². The van der Waals surface area contributed by atoms with Crippen LogP contribution in [0.15, 0.2) is 67.0 Å². The van der Waals surface area contributed by atoms with E-state index in [0.717, 1.165) is 44.1 Å². The first-order chi connectivity index (χ1) is 13.8. The lowest BCUT2D eigenvalue weighted by molar-refractivity contribution is 0.0342. The summed E-state index contributed by atoms with van der Waals surface area (Å²) in [6.45, 7) is 5.05. The van der Waals surface area contributed by atoms with Crippen molar-refractivity contribution in [1.29, 1.82) is 0 Å². The van der Waals surface area contributed by atoms with E-state index < -0.39 is 0 Å². The summed E-state index contributed by atoms with van der Waals surface area (Å²) in [5.74, 6) is -0.0793. The molecular formula is C22H24N4O2. The van der Waals surface area contributed by atoms with E-state index in [1.54, 1.807) is 10.9 Å². The summed E-state index contributed by atoms with van der Waals surface area (Å²) in [5, 5.41) is 7.17. The third kappa shape index (κ3) is 4.65. The Hall–Kier alpha value is -2.96. The van der Waals surface area contributed by atoms with E-state index in [1.807, 2.05) is 36.5 Å². The van der Waals surface area contributed by atoms with Crippen LogP contribution in [0.4, 0.5) is 0 Å². The van der Waals surface area contributed by atoms with E-state index >= 15 is 0 Å². The molecule has 1 saturated heterocycles. The van der Waals surface area contributed by atoms with Gasteiger partial charge in [0, 0.05) is 44.1 Å². The van der Waals surface area contributed by atoms with Gasteiger partial charge in [-0.1, -0.05) is 24.3 Å². The van der Waals surface area contributed by atoms with Crippen molar-refractivity contribution in [3.63, 3.8) is 0 Å². The number of morpholine rings is 1. The molecule has 144 valence electrons. The molecule has 0 spiro atoms. The quantitative estimate of drug-likeness (QED) is 0.719. The molecule has 0 radical (unpaired) electrons. The average Bonchev–Trinajstić information content (AvgIpc) is 3.29. The monoisotopic (exact) mass is 376 g/mol. The summed E-state index contributed by atoms with van der Waals surface area (Å²) in [7, 11) is 0. The third-order valence-corrected chi connectivity index (χ3v) is 4.88. The molecule has 2 heterocycles. The lowest BCUT2D eigenvalue weighted by Crippen LogP contribution is -2.35. The zero-order valence-corrected chi connectivity index (χ0v) is 15.8. The highest BCUT2D eigenvalue weighted by atomic mass is 16.5. The van der Waals surface area contributed by atoms with Gasteiger partial charge in [0.05, 0.1) is 18.9 Å². The fraction of sp³-hybridized carbons (Fsp3) is 0.273. The molecule has 0 aliphatic carbocycles. The SMILES string of the molecule is O=C(NCc1ccc(CN2CCOCC2)cc1)c1ccc(-n2cccn2)cc1. The van der Waals surface area contributed by atoms with Crippen LogP contribution in [0.25, 0.3) is 5.69 Å². The second kappa shape index (κ2) is 8.82. The number of hydrogen-bond acceptors (Lipinski definition) is 4. The molecule has 1 aromatic heterocycles. The van der Waals surface area contributed by atoms with Crippen molar-refractivity contribution < 1.29 is 9.53 Å². The minimum absolute atomic E-state index is 0.0793. The molecule has 1 aliphatic rings. The van der Waals surface area contributed by atoms with Gasteiger partial charge in [-0.25, -0.2) is 4.68 Å². The minimum Gasteiger partial charge on any atom is -0.379 e. The molecule has 0 atom stereocenters. The molecule has 2 aromatic carbocycles. The van der Waals surface area contributed by atoms with E-state index in [9.17, 15) is 4.79 Å². The summed E-state index contributed by atoms with van der Waals surface area (Å²) < 4.78 is 7.15. The fourth-order valence-corrected chi connectivity index (χ4v) is 3.25. The Balaban J connectivity index is 1.29. The Morgan fingerprint density at radius 3 is 2.39 bits per heavy atom. The van der Waals surface area contributed by atoms with Crippen molar-refractivity contribution in [2.45, 2.75) is 13.1 Å². The van der Waals surface area contributed by atoms with Crippen LogP contribution in [0.1, 0.15) is 21.5 Å². The Kier molecular flexibility index (Phi) is 5.80. The van der Waals surface area contributed by atoms with Gasteiger partial charge < -0.3 is 10.1 Å². The van der Waals surface area contributed by atoms with E-state index in [-0.39, 0.29) is 5.91 Å². The predicted molar refractivity (Wildman–Crippen MR) is 107 cm³/mol. The maximum Gasteiger partial charge on any atom is 0.251 e. The first-order valence-electron chi connectivity index (χ1n) is 9.54. The molecule has 0 unspecified atom stereocenters. The average molecular weight is 376 g/mol. The number of aromatic nitrogens is 2. The first-order valence-corrected chi connectivity index (χ1v) is 9.54. The number of ether oxygens (including phenoxy) is 1. The van der Waals surface area contributed by atoms with Crippen LogP contribution in [0.2, 0.25) is 0 Å². The van der Waals surface area contributed by atoms with Gasteiger partial charge in [-0.05, 0) is 41.5 Å². The first kappa shape index (κ1) is 18.4. The summed E-state index contributed by atoms with van der Waals surface area (Å²) in [6.07, 6.45) is 3.60. The molecule has 3 aromatic rings. The molecule has 0 saturated carbocycles. The number of carbonyl (C=O) groups is 1. The maximum atomic E-state index is 12.4. The molecule has 1 N–H and O–H groups in total. The normalized spacial score (nSPS) is 14.7. The summed E-state index contributed by atoms with van der Waals surface area (Å²) >= 11 is 0. The second-order valence-corrected chi connectivity index (χ2v) is 6.89. The molecule has 1 aliphatic heterocycles. The molecule has 0 bridgehead atoms. The number of hydrogen-bond donors (Lipinski definition) is 1. The van der Waals surface area contributed by atoms with Gasteiger partial charge >= 0.3 is 0 Å². The zero-order valence-electron chi connectivity index (χ0n) is 15.8. The van der Waals surface area contributed by atoms with Crippen molar-refractivity contribution in [3.05, 3.63) is 83.7 Å². The Morgan fingerprint density at radius 1 is 1.00 bits per heavy atom. The number of amides is 1. The predicted octanol–water partition coefficient (Wildman–Crippen LogP) is 2.63. The van der Waals surface area contributed by atoms with Crippen LogP contribution < -0.4 is 5.32 Å². The van der Waals surface area contributed by atoms with Gasteiger partial charge in [0.15, 0.2) is 0 Å². The Morgan fingerprint density at radius 2 is 1.71 bits per heavy atom. The molecule has 1 fully saturated rings. The van der Waals surface area contributed by atoms with Crippen molar-refractivity contribution in [3.8, 4) is 5.69 Å². The number of benzene rings is 2. The highest BCUT2D eigenvalue weighted by Crippen LogP contribution is 2.11. The van der Waals surface area contributed by atoms with Crippen LogP contribution in [-0.4, -0.2) is 46.9 Å². The minimum atomic E-state index is -0.0793. The van der Waals surface area contributed by atoms with Crippen LogP contribution in [0.5, 0.6) is 0 Å². The van der Waals surface area contributed by atoms with Crippen LogP contribution in [0.3, 0.4) is 0 Å². The molecule has 6 nitrogen and oxygen atoms in total. The van der Waals surface area contributed by atoms with E-state index in [0.29, 0.717) is 12.1 Å². The summed E-state index contributed by atoms with van der Waals surface area (Å²) in [6, 6.07) is 17.7. The largest absolute Gasteiger partial charge is 0.379 e. The van der Waals surface area contributed by atoms with Crippen molar-refractivity contribution in [2.75, 3.05) is 26.3 Å². The van der Waals surface area contributed by atoms with Gasteiger partial charge in [0.25, 0.3) is 5.91 Å². The number of nitrogens with zero attached hydrogens (tertiary/aromatic N) is 3. The Bertz CT molecular complexity index is 883. The maximum absolute atomic E-state index is 12.4. The van der Waals surface area contributed by atoms with Crippen molar-refractivity contribution >= 4 is 5.91 Å². The number of carbonyl (C=O) groups excluding carboxylic acids is 1. The van der Waals surface area contributed by atoms with Gasteiger partial charge in [-0.15, -0.1) is 0 Å². The molecular weight excluding hydrogens is 352 g/mol. The highest BCUT2D eigenvalue weighted by molar-refractivity contribution is 5.94. The highest BCUT2D eigenvalue weighted by Gasteiger charge is 2.11. The van der Waals surface area contributed by atoms with Gasteiger partial charge in [-0.3, -0.25) is 9.69 Å². The molecule has 28 heavy (non-hydrogen) atoms. The second-order valence-electron chi connectivity index (χ2n) is 6.89. The van der Waals surface area contributed by atoms with Gasteiger partial charge in [0.1, 0.15) is 0 Å². The van der Waals surface area contributed by atoms with Crippen molar-refractivity contribution in [2.24, 2.45) is 0 Å². The van der Waals surface area contributed by atoms with E-state index in [4.69, 9.17) is 4.74 Å². The molecule has 4 rings (SSSR count). The molecule has 6 heteroatoms. The third-order valence-electron chi connectivity index (χ3n) is 4.88. The number of nitrogens with one attached hydrogen (secondary N) is 1. The smallest absolute Gasteiger partial charge is 0.251 e. The summed E-state index contributed by atoms with van der Waals surface area (Å²) in [5.41, 5.74) is 3.94. The summed E-state index contributed by atoms with van der Waals surface area (Å²) in [4.78, 5) is 14.8. The lowest BCUT2D eigenvalue weighted by Gasteiger charge is -2.26. The zero-order chi connectivity index (χ0) is 19.2.